The predicted octanol–water partition coefficient (Wildman–Crippen LogP) is -0.0985. The van der Waals surface area contributed by atoms with Crippen molar-refractivity contribution in [2.24, 2.45) is 5.41 Å². The minimum absolute atomic E-state index is 0.391. The maximum absolute atomic E-state index is 11.7. The second-order valence-electron chi connectivity index (χ2n) is 4.90. The van der Waals surface area contributed by atoms with Crippen LogP contribution in [0, 0.1) is 12.3 Å². The number of hydrogen-bond acceptors (Lipinski definition) is 8. The van der Waals surface area contributed by atoms with E-state index in [0.29, 0.717) is 0 Å². The number of methoxy groups -OCH3 is 1. The first-order valence-corrected chi connectivity index (χ1v) is 6.28. The standard InChI is InChI=1S/C14H18O8/c1-9(15)5-11(17)21-7-14(3,13(19)20-4)8-22-12(18)6-10(2)16/h1H,5-8H2,2-4H3. The third-order valence-electron chi connectivity index (χ3n) is 2.49. The van der Waals surface area contributed by atoms with E-state index in [0.717, 1.165) is 7.11 Å². The number of ether oxygens (including phenoxy) is 3. The summed E-state index contributed by atoms with van der Waals surface area (Å²) in [4.78, 5) is 55.7. The highest BCUT2D eigenvalue weighted by Gasteiger charge is 2.38. The summed E-state index contributed by atoms with van der Waals surface area (Å²) in [7, 11) is 1.11. The molecular weight excluding hydrogens is 296 g/mol. The summed E-state index contributed by atoms with van der Waals surface area (Å²) in [5.41, 5.74) is -1.46. The van der Waals surface area contributed by atoms with Gasteiger partial charge in [-0.3, -0.25) is 24.0 Å². The molecule has 0 saturated heterocycles. The van der Waals surface area contributed by atoms with Gasteiger partial charge in [-0.2, -0.15) is 0 Å². The molecule has 0 aliphatic carbocycles. The molecule has 0 aromatic carbocycles. The topological polar surface area (TPSA) is 113 Å². The van der Waals surface area contributed by atoms with E-state index in [4.69, 9.17) is 16.4 Å². The number of carbonyl (C=O) groups excluding carboxylic acids is 5. The normalized spacial score (nSPS) is 10.5. The molecule has 0 spiro atoms. The Balaban J connectivity index is 4.69. The first-order chi connectivity index (χ1) is 10.1. The zero-order valence-corrected chi connectivity index (χ0v) is 12.7. The molecule has 0 N–H and O–H groups in total. The van der Waals surface area contributed by atoms with Gasteiger partial charge in [-0.15, -0.1) is 0 Å². The predicted molar refractivity (Wildman–Crippen MR) is 71.3 cm³/mol. The Bertz CT molecular complexity index is 433. The fourth-order valence-electron chi connectivity index (χ4n) is 1.33. The monoisotopic (exact) mass is 314 g/mol. The highest BCUT2D eigenvalue weighted by atomic mass is 16.6. The van der Waals surface area contributed by atoms with Crippen LogP contribution in [0.3, 0.4) is 0 Å². The molecule has 0 aromatic heterocycles. The quantitative estimate of drug-likeness (QED) is 0.329. The second-order valence-corrected chi connectivity index (χ2v) is 4.90. The van der Waals surface area contributed by atoms with Gasteiger partial charge in [-0.25, -0.2) is 0 Å². The lowest BCUT2D eigenvalue weighted by Gasteiger charge is -2.25. The van der Waals surface area contributed by atoms with Crippen molar-refractivity contribution in [2.45, 2.75) is 26.7 Å². The smallest absolute Gasteiger partial charge is 0.318 e. The summed E-state index contributed by atoms with van der Waals surface area (Å²) < 4.78 is 14.1. The van der Waals surface area contributed by atoms with Crippen LogP contribution in [-0.4, -0.2) is 49.8 Å². The number of ketones is 2. The first-order valence-electron chi connectivity index (χ1n) is 6.28. The molecule has 122 valence electrons. The molecule has 1 unspecified atom stereocenters. The van der Waals surface area contributed by atoms with Crippen LogP contribution >= 0.6 is 0 Å². The van der Waals surface area contributed by atoms with Crippen molar-refractivity contribution in [3.05, 3.63) is 6.92 Å². The number of carbonyl (C=O) groups is 5. The van der Waals surface area contributed by atoms with E-state index in [1.54, 1.807) is 0 Å². The molecule has 0 aromatic rings. The summed E-state index contributed by atoms with van der Waals surface area (Å²) in [5, 5.41) is 0. The average Bonchev–Trinajstić information content (AvgIpc) is 2.40. The highest BCUT2D eigenvalue weighted by molar-refractivity contribution is 5.97. The molecule has 22 heavy (non-hydrogen) atoms. The number of hydrogen-bond donors (Lipinski definition) is 0. The van der Waals surface area contributed by atoms with E-state index in [2.05, 4.69) is 4.74 Å². The van der Waals surface area contributed by atoms with Gasteiger partial charge in [0.1, 0.15) is 43.0 Å². The van der Waals surface area contributed by atoms with Crippen LogP contribution in [0.2, 0.25) is 0 Å². The summed E-state index contributed by atoms with van der Waals surface area (Å²) in [6.45, 7) is 6.47. The molecule has 8 nitrogen and oxygen atoms in total. The summed E-state index contributed by atoms with van der Waals surface area (Å²) in [6, 6.07) is 0. The van der Waals surface area contributed by atoms with Crippen molar-refractivity contribution < 1.29 is 38.2 Å². The number of esters is 3. The van der Waals surface area contributed by atoms with Gasteiger partial charge in [-0.1, -0.05) is 0 Å². The van der Waals surface area contributed by atoms with Gasteiger partial charge in [0, 0.05) is 6.92 Å². The zero-order valence-electron chi connectivity index (χ0n) is 12.7. The second kappa shape index (κ2) is 8.91. The van der Waals surface area contributed by atoms with Crippen molar-refractivity contribution in [1.29, 1.82) is 0 Å². The molecule has 0 bridgehead atoms. The Morgan fingerprint density at radius 3 is 1.77 bits per heavy atom. The highest BCUT2D eigenvalue weighted by Crippen LogP contribution is 2.20. The van der Waals surface area contributed by atoms with Crippen molar-refractivity contribution in [1.82, 2.24) is 0 Å². The van der Waals surface area contributed by atoms with Crippen LogP contribution in [0.25, 0.3) is 0 Å². The minimum atomic E-state index is -1.46. The SMILES string of the molecule is [CH]C(=O)CC(=O)OCC(C)(COC(=O)CC(C)=O)C(=O)OC. The third-order valence-corrected chi connectivity index (χ3v) is 2.49. The van der Waals surface area contributed by atoms with Crippen LogP contribution in [0.4, 0.5) is 0 Å². The van der Waals surface area contributed by atoms with Gasteiger partial charge in [0.25, 0.3) is 0 Å². The van der Waals surface area contributed by atoms with E-state index in [1.807, 2.05) is 0 Å². The molecule has 0 aliphatic heterocycles. The van der Waals surface area contributed by atoms with Gasteiger partial charge >= 0.3 is 17.9 Å². The number of Topliss-reactive ketones (excluding diaryl/α,β-unsaturated/α-hetero) is 2. The maximum Gasteiger partial charge on any atom is 0.318 e. The van der Waals surface area contributed by atoms with Crippen molar-refractivity contribution in [3.63, 3.8) is 0 Å². The Kier molecular flexibility index (Phi) is 8.00. The number of rotatable bonds is 9. The molecule has 8 heteroatoms. The van der Waals surface area contributed by atoms with Crippen molar-refractivity contribution in [3.8, 4) is 0 Å². The van der Waals surface area contributed by atoms with Crippen molar-refractivity contribution >= 4 is 29.5 Å². The first kappa shape index (κ1) is 19.8. The van der Waals surface area contributed by atoms with E-state index in [-0.39, 0.29) is 0 Å². The lowest BCUT2D eigenvalue weighted by atomic mass is 9.93. The molecule has 0 aliphatic rings. The Morgan fingerprint density at radius 1 is 0.955 bits per heavy atom. The zero-order chi connectivity index (χ0) is 17.3. The fourth-order valence-corrected chi connectivity index (χ4v) is 1.33. The van der Waals surface area contributed by atoms with Gasteiger partial charge in [0.05, 0.1) is 7.11 Å². The molecule has 0 heterocycles. The van der Waals surface area contributed by atoms with Crippen LogP contribution in [0.5, 0.6) is 0 Å². The van der Waals surface area contributed by atoms with E-state index in [1.165, 1.54) is 13.8 Å². The Hall–Kier alpha value is -2.25. The van der Waals surface area contributed by atoms with Crippen LogP contribution in [-0.2, 0) is 38.2 Å². The molecule has 0 amide bonds. The van der Waals surface area contributed by atoms with Crippen LogP contribution in [0.15, 0.2) is 0 Å². The average molecular weight is 314 g/mol. The molecule has 0 saturated carbocycles. The lowest BCUT2D eigenvalue weighted by molar-refractivity contribution is -0.167. The molecule has 1 atom stereocenters. The molecule has 0 rings (SSSR count). The van der Waals surface area contributed by atoms with Crippen LogP contribution < -0.4 is 0 Å². The molecule has 0 fully saturated rings. The van der Waals surface area contributed by atoms with Gasteiger partial charge in [-0.05, 0) is 13.8 Å². The minimum Gasteiger partial charge on any atom is -0.468 e. The lowest BCUT2D eigenvalue weighted by Crippen LogP contribution is -2.40. The molecular formula is C14H18O8. The fraction of sp³-hybridized carbons (Fsp3) is 0.571. The summed E-state index contributed by atoms with van der Waals surface area (Å²) in [5.74, 6) is -3.78. The van der Waals surface area contributed by atoms with E-state index < -0.39 is 60.9 Å². The third kappa shape index (κ3) is 7.51. The van der Waals surface area contributed by atoms with Crippen LogP contribution in [0.1, 0.15) is 26.7 Å². The Labute approximate surface area is 128 Å². The van der Waals surface area contributed by atoms with Crippen molar-refractivity contribution in [2.75, 3.05) is 20.3 Å². The van der Waals surface area contributed by atoms with E-state index >= 15 is 0 Å². The van der Waals surface area contributed by atoms with Gasteiger partial charge < -0.3 is 14.2 Å². The largest absolute Gasteiger partial charge is 0.468 e. The Morgan fingerprint density at radius 2 is 1.41 bits per heavy atom. The summed E-state index contributed by atoms with van der Waals surface area (Å²) >= 11 is 0. The van der Waals surface area contributed by atoms with Gasteiger partial charge in [0.2, 0.25) is 0 Å². The van der Waals surface area contributed by atoms with Gasteiger partial charge in [0.15, 0.2) is 0 Å². The molecule has 2 radical (unpaired) electrons. The summed E-state index contributed by atoms with van der Waals surface area (Å²) in [6.07, 6.45) is -1.07. The van der Waals surface area contributed by atoms with E-state index in [9.17, 15) is 24.0 Å². The maximum atomic E-state index is 11.7.